The second-order valence-corrected chi connectivity index (χ2v) is 18.8. The van der Waals surface area contributed by atoms with Crippen LogP contribution < -0.4 is 40.2 Å². The van der Waals surface area contributed by atoms with Crippen molar-refractivity contribution in [3.8, 4) is 23.0 Å². The molecule has 5 amide bonds. The fraction of sp³-hybridized carbons (Fsp3) is 0.404. The zero-order valence-corrected chi connectivity index (χ0v) is 41.4. The Morgan fingerprint density at radius 3 is 1.82 bits per heavy atom. The summed E-state index contributed by atoms with van der Waals surface area (Å²) in [5.74, 6) is 0.825. The van der Waals surface area contributed by atoms with Crippen molar-refractivity contribution in [2.24, 2.45) is 31.1 Å². The minimum atomic E-state index is -0.361. The highest BCUT2D eigenvalue weighted by molar-refractivity contribution is 6.06. The molecule has 0 radical (unpaired) electrons. The Labute approximate surface area is 421 Å². The number of carbonyl (C=O) groups excluding carboxylic acids is 5. The summed E-state index contributed by atoms with van der Waals surface area (Å²) in [6.07, 6.45) is 13.1. The number of benzene rings is 2. The second kappa shape index (κ2) is 20.6. The SMILES string of the molecule is COc1cc2c(cc1OCCCNC(=O)c1cc(NC3OC3c3cc(NC(=O)c4cc(NC(=O)CCCOc5cc6c(cc5OC)C(=O)N5CCCC5C=N6)cn4C)cn3C)cn1C)N=C[C@@H]1CCCN1C2=O. The summed E-state index contributed by atoms with van der Waals surface area (Å²) in [6, 6.07) is 12.0. The molecule has 21 heteroatoms. The third kappa shape index (κ3) is 10.2. The number of carbonyl (C=O) groups is 5. The van der Waals surface area contributed by atoms with Crippen molar-refractivity contribution < 1.29 is 47.7 Å². The molecule has 3 fully saturated rings. The standard InChI is InChI=1S/C52H59N11O10/c1-59-28-31(57-49(66)41-19-30(27-61(41)3)56-46(64)12-8-16-71-44-23-37-35(21-42(44)69-4)51(67)62-14-6-10-33(62)25-54-37)18-39(59)47-50(73-47)58-32-20-40(60(2)29-32)48(65)53-13-9-17-72-45-24-38-36(22-43(45)70-5)52(68)63-15-7-11-34(63)26-55-38/h18-29,33-34,47,50,58H,6-17H2,1-5H3,(H,53,65)(H,56,64)(H,57,66)/t33?,34-,47?,50?/m0/s1. The number of hydrogen-bond donors (Lipinski definition) is 4. The maximum Gasteiger partial charge on any atom is 0.272 e. The summed E-state index contributed by atoms with van der Waals surface area (Å²) in [4.78, 5) is 78.9. The molecule has 0 saturated carbocycles. The lowest BCUT2D eigenvalue weighted by Crippen LogP contribution is -2.35. The number of ether oxygens (including phenoxy) is 5. The van der Waals surface area contributed by atoms with Gasteiger partial charge in [0.2, 0.25) is 5.91 Å². The van der Waals surface area contributed by atoms with Crippen LogP contribution in [0.5, 0.6) is 23.0 Å². The predicted octanol–water partition coefficient (Wildman–Crippen LogP) is 6.12. The van der Waals surface area contributed by atoms with Crippen molar-refractivity contribution in [2.75, 3.05) is 63.0 Å². The summed E-state index contributed by atoms with van der Waals surface area (Å²) in [7, 11) is 8.45. The lowest BCUT2D eigenvalue weighted by Gasteiger charge is -2.20. The first kappa shape index (κ1) is 48.6. The van der Waals surface area contributed by atoms with E-state index >= 15 is 0 Å². The number of epoxide rings is 1. The fourth-order valence-corrected chi connectivity index (χ4v) is 9.89. The number of aryl methyl sites for hydroxylation is 3. The Hall–Kier alpha value is -8.07. The molecular weight excluding hydrogens is 939 g/mol. The molecule has 73 heavy (non-hydrogen) atoms. The Kier molecular flexibility index (Phi) is 13.7. The van der Waals surface area contributed by atoms with Gasteiger partial charge in [0.05, 0.1) is 84.8 Å². The summed E-state index contributed by atoms with van der Waals surface area (Å²) >= 11 is 0. The minimum absolute atomic E-state index is 0.00451. The second-order valence-electron chi connectivity index (χ2n) is 18.8. The summed E-state index contributed by atoms with van der Waals surface area (Å²) in [5.41, 5.74) is 5.44. The molecule has 3 aromatic heterocycles. The zero-order valence-electron chi connectivity index (χ0n) is 41.4. The lowest BCUT2D eigenvalue weighted by atomic mass is 10.1. The van der Waals surface area contributed by atoms with Crippen molar-refractivity contribution >= 4 is 70.4 Å². The third-order valence-electron chi connectivity index (χ3n) is 13.7. The first-order valence-electron chi connectivity index (χ1n) is 24.6. The van der Waals surface area contributed by atoms with Gasteiger partial charge in [0.15, 0.2) is 29.2 Å². The van der Waals surface area contributed by atoms with E-state index in [-0.39, 0.29) is 67.0 Å². The van der Waals surface area contributed by atoms with Gasteiger partial charge in [-0.15, -0.1) is 0 Å². The van der Waals surface area contributed by atoms with Gasteiger partial charge in [0, 0.05) is 90.4 Å². The van der Waals surface area contributed by atoms with Crippen LogP contribution >= 0.6 is 0 Å². The van der Waals surface area contributed by atoms with E-state index in [0.29, 0.717) is 113 Å². The van der Waals surface area contributed by atoms with Crippen molar-refractivity contribution in [1.29, 1.82) is 0 Å². The highest BCUT2D eigenvalue weighted by Crippen LogP contribution is 2.42. The Morgan fingerprint density at radius 2 is 1.21 bits per heavy atom. The number of anilines is 3. The Balaban J connectivity index is 0.656. The third-order valence-corrected chi connectivity index (χ3v) is 13.7. The average Bonchev–Trinajstić information content (AvgIpc) is 3.90. The highest BCUT2D eigenvalue weighted by atomic mass is 16.6. The summed E-state index contributed by atoms with van der Waals surface area (Å²) in [5, 5.41) is 12.1. The molecule has 0 spiro atoms. The van der Waals surface area contributed by atoms with E-state index in [1.165, 1.54) is 14.2 Å². The van der Waals surface area contributed by atoms with E-state index in [2.05, 4.69) is 31.3 Å². The largest absolute Gasteiger partial charge is 0.493 e. The van der Waals surface area contributed by atoms with Crippen LogP contribution in [-0.4, -0.2) is 131 Å². The van der Waals surface area contributed by atoms with Crippen LogP contribution in [0.25, 0.3) is 0 Å². The van der Waals surface area contributed by atoms with Gasteiger partial charge in [0.1, 0.15) is 17.5 Å². The summed E-state index contributed by atoms with van der Waals surface area (Å²) in [6.45, 7) is 2.30. The van der Waals surface area contributed by atoms with Gasteiger partial charge < -0.3 is 68.5 Å². The van der Waals surface area contributed by atoms with Gasteiger partial charge in [0.25, 0.3) is 23.6 Å². The number of hydrogen-bond acceptors (Lipinski definition) is 13. The number of fused-ring (bicyclic) bond motifs is 4. The number of nitrogens with zero attached hydrogens (tertiary/aromatic N) is 7. The van der Waals surface area contributed by atoms with Crippen molar-refractivity contribution in [3.63, 3.8) is 0 Å². The van der Waals surface area contributed by atoms with E-state index in [9.17, 15) is 24.0 Å². The molecule has 5 aromatic rings. The van der Waals surface area contributed by atoms with Gasteiger partial charge in [-0.25, -0.2) is 0 Å². The van der Waals surface area contributed by atoms with Crippen molar-refractivity contribution in [3.05, 3.63) is 89.3 Å². The number of rotatable bonds is 19. The molecule has 4 atom stereocenters. The molecule has 8 heterocycles. The molecule has 5 aliphatic rings. The maximum atomic E-state index is 13.5. The van der Waals surface area contributed by atoms with Crippen molar-refractivity contribution in [2.45, 2.75) is 69.4 Å². The Morgan fingerprint density at radius 1 is 0.658 bits per heavy atom. The first-order valence-corrected chi connectivity index (χ1v) is 24.6. The molecule has 4 N–H and O–H groups in total. The van der Waals surface area contributed by atoms with Crippen LogP contribution in [0.15, 0.2) is 71.0 Å². The molecule has 0 bridgehead atoms. The lowest BCUT2D eigenvalue weighted by molar-refractivity contribution is -0.116. The highest BCUT2D eigenvalue weighted by Gasteiger charge is 2.43. The minimum Gasteiger partial charge on any atom is -0.493 e. The molecule has 5 aliphatic heterocycles. The molecule has 0 aliphatic carbocycles. The number of amides is 5. The molecular formula is C52H59N11O10. The van der Waals surface area contributed by atoms with E-state index in [0.717, 1.165) is 31.4 Å². The topological polar surface area (TPSA) is 229 Å². The van der Waals surface area contributed by atoms with Crippen LogP contribution in [0.3, 0.4) is 0 Å². The molecule has 382 valence electrons. The van der Waals surface area contributed by atoms with Gasteiger partial charge in [-0.3, -0.25) is 34.0 Å². The number of nitrogens with one attached hydrogen (secondary N) is 4. The average molecular weight is 998 g/mol. The van der Waals surface area contributed by atoms with E-state index in [4.69, 9.17) is 23.7 Å². The molecule has 3 unspecified atom stereocenters. The number of aliphatic imine (C=N–C) groups is 2. The first-order chi connectivity index (χ1) is 35.3. The fourth-order valence-electron chi connectivity index (χ4n) is 9.89. The number of aromatic nitrogens is 3. The van der Waals surface area contributed by atoms with Gasteiger partial charge in [-0.05, 0) is 68.9 Å². The molecule has 10 rings (SSSR count). The van der Waals surface area contributed by atoms with Gasteiger partial charge in [-0.1, -0.05) is 0 Å². The van der Waals surface area contributed by atoms with Crippen LogP contribution in [0, 0.1) is 0 Å². The van der Waals surface area contributed by atoms with Gasteiger partial charge in [-0.2, -0.15) is 0 Å². The molecule has 21 nitrogen and oxygen atoms in total. The van der Waals surface area contributed by atoms with Crippen LogP contribution in [0.2, 0.25) is 0 Å². The smallest absolute Gasteiger partial charge is 0.272 e. The summed E-state index contributed by atoms with van der Waals surface area (Å²) < 4.78 is 34.4. The maximum absolute atomic E-state index is 13.5. The predicted molar refractivity (Wildman–Crippen MR) is 272 cm³/mol. The van der Waals surface area contributed by atoms with Crippen LogP contribution in [0.4, 0.5) is 28.4 Å². The van der Waals surface area contributed by atoms with E-state index in [1.807, 2.05) is 46.1 Å². The van der Waals surface area contributed by atoms with Gasteiger partial charge >= 0.3 is 0 Å². The monoisotopic (exact) mass is 997 g/mol. The van der Waals surface area contributed by atoms with E-state index in [1.54, 1.807) is 72.0 Å². The zero-order chi connectivity index (χ0) is 50.9. The molecule has 2 aromatic carbocycles. The van der Waals surface area contributed by atoms with Crippen LogP contribution in [0.1, 0.15) is 98.4 Å². The van der Waals surface area contributed by atoms with Crippen LogP contribution in [-0.2, 0) is 30.7 Å². The quantitative estimate of drug-likeness (QED) is 0.0544. The molecule has 3 saturated heterocycles. The normalized spacial score (nSPS) is 19.3. The van der Waals surface area contributed by atoms with E-state index < -0.39 is 0 Å². The number of methoxy groups -OCH3 is 2. The van der Waals surface area contributed by atoms with Crippen molar-refractivity contribution in [1.82, 2.24) is 28.8 Å². The Bertz CT molecular complexity index is 3040.